The van der Waals surface area contributed by atoms with Crippen LogP contribution in [-0.4, -0.2) is 20.9 Å². The van der Waals surface area contributed by atoms with E-state index in [0.29, 0.717) is 12.7 Å². The van der Waals surface area contributed by atoms with E-state index in [-0.39, 0.29) is 12.0 Å². The number of benzene rings is 2. The molecule has 2 aromatic rings. The van der Waals surface area contributed by atoms with Crippen molar-refractivity contribution in [3.05, 3.63) is 70.8 Å². The summed E-state index contributed by atoms with van der Waals surface area (Å²) in [5.41, 5.74) is 1.70. The molecule has 26 heavy (non-hydrogen) atoms. The summed E-state index contributed by atoms with van der Waals surface area (Å²) in [5.74, 6) is -3.28. The van der Waals surface area contributed by atoms with Crippen molar-refractivity contribution in [3.8, 4) is 0 Å². The van der Waals surface area contributed by atoms with Crippen molar-refractivity contribution in [2.75, 3.05) is 6.61 Å². The second-order valence-corrected chi connectivity index (χ2v) is 7.75. The van der Waals surface area contributed by atoms with Crippen LogP contribution in [0.4, 0.5) is 8.78 Å². The second kappa shape index (κ2) is 7.51. The minimum absolute atomic E-state index is 0.165. The van der Waals surface area contributed by atoms with Crippen LogP contribution >= 0.6 is 0 Å². The fraction of sp³-hybridized carbons (Fsp3) is 0.278. The molecule has 1 amide bonds. The number of halogens is 2. The molecule has 3 rings (SSSR count). The van der Waals surface area contributed by atoms with E-state index >= 15 is 0 Å². The van der Waals surface area contributed by atoms with Gasteiger partial charge in [-0.1, -0.05) is 30.3 Å². The minimum Gasteiger partial charge on any atom is -0.373 e. The monoisotopic (exact) mass is 381 g/mol. The number of fused-ring (bicyclic) bond motifs is 1. The van der Waals surface area contributed by atoms with Crippen molar-refractivity contribution in [2.45, 2.75) is 24.7 Å². The zero-order valence-electron chi connectivity index (χ0n) is 13.7. The fourth-order valence-electron chi connectivity index (χ4n) is 2.91. The van der Waals surface area contributed by atoms with Crippen LogP contribution in [0.25, 0.3) is 0 Å². The van der Waals surface area contributed by atoms with E-state index in [9.17, 15) is 22.0 Å². The summed E-state index contributed by atoms with van der Waals surface area (Å²) in [6.45, 7) is 0.447. The molecule has 0 saturated heterocycles. The number of hydrogen-bond acceptors (Lipinski definition) is 4. The van der Waals surface area contributed by atoms with Crippen molar-refractivity contribution in [2.24, 2.45) is 0 Å². The number of ether oxygens (including phenoxy) is 1. The molecule has 0 spiro atoms. The Labute approximate surface area is 150 Å². The number of carbonyl (C=O) groups excluding carboxylic acids is 1. The molecule has 1 atom stereocenters. The largest absolute Gasteiger partial charge is 0.373 e. The van der Waals surface area contributed by atoms with E-state index in [1.165, 1.54) is 0 Å². The van der Waals surface area contributed by atoms with Crippen LogP contribution in [0.1, 0.15) is 29.2 Å². The topological polar surface area (TPSA) is 72.5 Å². The lowest BCUT2D eigenvalue weighted by atomic mass is 9.96. The zero-order valence-corrected chi connectivity index (χ0v) is 14.6. The lowest BCUT2D eigenvalue weighted by molar-refractivity contribution is -0.122. The third-order valence-electron chi connectivity index (χ3n) is 4.09. The summed E-state index contributed by atoms with van der Waals surface area (Å²) >= 11 is 0. The van der Waals surface area contributed by atoms with Crippen LogP contribution in [0.15, 0.2) is 42.5 Å². The van der Waals surface area contributed by atoms with Gasteiger partial charge in [0.15, 0.2) is 0 Å². The van der Waals surface area contributed by atoms with E-state index in [0.717, 1.165) is 29.7 Å². The van der Waals surface area contributed by atoms with Crippen LogP contribution in [0.5, 0.6) is 0 Å². The first-order valence-corrected chi connectivity index (χ1v) is 9.66. The molecule has 0 aliphatic carbocycles. The third kappa shape index (κ3) is 4.44. The SMILES string of the molecule is O=C(C[C@@H]1OCCc2ccccc21)NS(=O)(=O)Cc1ccc(F)cc1F. The predicted molar refractivity (Wildman–Crippen MR) is 90.6 cm³/mol. The van der Waals surface area contributed by atoms with Crippen LogP contribution in [0.3, 0.4) is 0 Å². The summed E-state index contributed by atoms with van der Waals surface area (Å²) in [5, 5.41) is 0. The van der Waals surface area contributed by atoms with Crippen LogP contribution in [0, 0.1) is 11.6 Å². The number of rotatable bonds is 5. The van der Waals surface area contributed by atoms with E-state index in [1.807, 2.05) is 29.0 Å². The number of amides is 1. The maximum atomic E-state index is 13.6. The zero-order chi connectivity index (χ0) is 18.7. The summed E-state index contributed by atoms with van der Waals surface area (Å²) in [7, 11) is -4.11. The Kier molecular flexibility index (Phi) is 5.33. The molecule has 0 saturated carbocycles. The Balaban J connectivity index is 1.66. The lowest BCUT2D eigenvalue weighted by Crippen LogP contribution is -2.33. The van der Waals surface area contributed by atoms with Crippen molar-refractivity contribution in [3.63, 3.8) is 0 Å². The quantitative estimate of drug-likeness (QED) is 0.864. The molecule has 2 aromatic carbocycles. The third-order valence-corrected chi connectivity index (χ3v) is 5.32. The molecule has 0 radical (unpaired) electrons. The van der Waals surface area contributed by atoms with Gasteiger partial charge in [0.05, 0.1) is 24.9 Å². The minimum atomic E-state index is -4.11. The average Bonchev–Trinajstić information content (AvgIpc) is 2.57. The Bertz CT molecular complexity index is 931. The summed E-state index contributed by atoms with van der Waals surface area (Å²) in [4.78, 5) is 12.1. The molecule has 1 aliphatic rings. The van der Waals surface area contributed by atoms with Crippen molar-refractivity contribution < 1.29 is 26.7 Å². The molecule has 8 heteroatoms. The van der Waals surface area contributed by atoms with E-state index < -0.39 is 39.4 Å². The van der Waals surface area contributed by atoms with Gasteiger partial charge < -0.3 is 4.74 Å². The van der Waals surface area contributed by atoms with Gasteiger partial charge in [0, 0.05) is 11.6 Å². The van der Waals surface area contributed by atoms with Crippen LogP contribution < -0.4 is 4.72 Å². The van der Waals surface area contributed by atoms with Gasteiger partial charge in [-0.25, -0.2) is 17.2 Å². The summed E-state index contributed by atoms with van der Waals surface area (Å²) in [6, 6.07) is 10.1. The van der Waals surface area contributed by atoms with Crippen molar-refractivity contribution in [1.29, 1.82) is 0 Å². The van der Waals surface area contributed by atoms with Crippen LogP contribution in [-0.2, 0) is 31.7 Å². The highest BCUT2D eigenvalue weighted by Crippen LogP contribution is 2.29. The van der Waals surface area contributed by atoms with Crippen LogP contribution in [0.2, 0.25) is 0 Å². The Morgan fingerprint density at radius 3 is 2.73 bits per heavy atom. The Hall–Kier alpha value is -2.32. The van der Waals surface area contributed by atoms with Gasteiger partial charge in [0.1, 0.15) is 11.6 Å². The molecule has 1 heterocycles. The number of sulfonamides is 1. The highest BCUT2D eigenvalue weighted by Gasteiger charge is 2.25. The normalized spacial score (nSPS) is 16.8. The van der Waals surface area contributed by atoms with Gasteiger partial charge in [-0.15, -0.1) is 0 Å². The predicted octanol–water partition coefficient (Wildman–Crippen LogP) is 2.61. The molecule has 0 fully saturated rings. The molecular formula is C18H17F2NO4S. The lowest BCUT2D eigenvalue weighted by Gasteiger charge is -2.25. The van der Waals surface area contributed by atoms with E-state index in [2.05, 4.69) is 0 Å². The molecule has 5 nitrogen and oxygen atoms in total. The molecule has 138 valence electrons. The smallest absolute Gasteiger partial charge is 0.239 e. The highest BCUT2D eigenvalue weighted by atomic mass is 32.2. The molecule has 0 unspecified atom stereocenters. The maximum absolute atomic E-state index is 13.6. The van der Waals surface area contributed by atoms with Gasteiger partial charge >= 0.3 is 0 Å². The number of nitrogens with one attached hydrogen (secondary N) is 1. The van der Waals surface area contributed by atoms with Gasteiger partial charge in [-0.05, 0) is 23.6 Å². The molecule has 0 bridgehead atoms. The van der Waals surface area contributed by atoms with Crippen molar-refractivity contribution >= 4 is 15.9 Å². The first-order chi connectivity index (χ1) is 12.3. The van der Waals surface area contributed by atoms with Gasteiger partial charge in [0.25, 0.3) is 0 Å². The molecular weight excluding hydrogens is 364 g/mol. The van der Waals surface area contributed by atoms with Gasteiger partial charge in [-0.2, -0.15) is 0 Å². The highest BCUT2D eigenvalue weighted by molar-refractivity contribution is 7.89. The standard InChI is InChI=1S/C18H17F2NO4S/c19-14-6-5-13(16(20)9-14)11-26(23,24)21-18(22)10-17-15-4-2-1-3-12(15)7-8-25-17/h1-6,9,17H,7-8,10-11H2,(H,21,22)/t17-/m0/s1. The fourth-order valence-corrected chi connectivity index (χ4v) is 4.05. The van der Waals surface area contributed by atoms with E-state index in [1.54, 1.807) is 0 Å². The Morgan fingerprint density at radius 1 is 1.19 bits per heavy atom. The first-order valence-electron chi connectivity index (χ1n) is 8.01. The molecule has 1 aliphatic heterocycles. The maximum Gasteiger partial charge on any atom is 0.239 e. The molecule has 0 aromatic heterocycles. The average molecular weight is 381 g/mol. The number of hydrogen-bond donors (Lipinski definition) is 1. The summed E-state index contributed by atoms with van der Waals surface area (Å²) < 4.78 is 58.2. The summed E-state index contributed by atoms with van der Waals surface area (Å²) in [6.07, 6.45) is 0.0381. The van der Waals surface area contributed by atoms with E-state index in [4.69, 9.17) is 4.74 Å². The Morgan fingerprint density at radius 2 is 1.96 bits per heavy atom. The second-order valence-electron chi connectivity index (χ2n) is 6.03. The first kappa shape index (κ1) is 18.5. The number of carbonyl (C=O) groups is 1. The van der Waals surface area contributed by atoms with Crippen molar-refractivity contribution in [1.82, 2.24) is 4.72 Å². The van der Waals surface area contributed by atoms with Gasteiger partial charge in [-0.3, -0.25) is 9.52 Å². The van der Waals surface area contributed by atoms with Gasteiger partial charge in [0.2, 0.25) is 15.9 Å². The molecule has 1 N–H and O–H groups in total.